The van der Waals surface area contributed by atoms with Gasteiger partial charge in [0.1, 0.15) is 0 Å². The molecule has 22 heavy (non-hydrogen) atoms. The molecule has 0 spiro atoms. The Morgan fingerprint density at radius 2 is 1.82 bits per heavy atom. The predicted octanol–water partition coefficient (Wildman–Crippen LogP) is 1.78. The van der Waals surface area contributed by atoms with E-state index >= 15 is 0 Å². The molecule has 0 fully saturated rings. The highest BCUT2D eigenvalue weighted by atomic mass is 32.2. The zero-order chi connectivity index (χ0) is 16.8. The highest BCUT2D eigenvalue weighted by Crippen LogP contribution is 2.34. The number of rotatable bonds is 9. The van der Waals surface area contributed by atoms with Crippen LogP contribution in [0.3, 0.4) is 0 Å². The molecule has 1 aromatic rings. The Bertz CT molecular complexity index is 631. The van der Waals surface area contributed by atoms with Crippen molar-refractivity contribution >= 4 is 28.4 Å². The minimum Gasteiger partial charge on any atom is -0.493 e. The van der Waals surface area contributed by atoms with Gasteiger partial charge in [-0.2, -0.15) is 21.0 Å². The third kappa shape index (κ3) is 5.04. The van der Waals surface area contributed by atoms with E-state index in [2.05, 4.69) is 12.6 Å². The third-order valence-corrected chi connectivity index (χ3v) is 4.31. The lowest BCUT2D eigenvalue weighted by Crippen LogP contribution is -2.12. The summed E-state index contributed by atoms with van der Waals surface area (Å²) in [6, 6.07) is 2.49. The van der Waals surface area contributed by atoms with Crippen LogP contribution in [-0.4, -0.2) is 39.1 Å². The van der Waals surface area contributed by atoms with E-state index in [9.17, 15) is 18.5 Å². The Labute approximate surface area is 134 Å². The number of ether oxygens (including phenoxy) is 2. The smallest absolute Gasteiger partial charge is 0.278 e. The normalized spacial score (nSPS) is 11.2. The van der Waals surface area contributed by atoms with E-state index in [0.29, 0.717) is 12.2 Å². The van der Waals surface area contributed by atoms with Crippen molar-refractivity contribution in [3.05, 3.63) is 27.8 Å². The lowest BCUT2D eigenvalue weighted by molar-refractivity contribution is -0.385. The molecule has 0 radical (unpaired) electrons. The van der Waals surface area contributed by atoms with Gasteiger partial charge in [-0.1, -0.05) is 0 Å². The molecule has 0 aliphatic rings. The molecule has 0 bridgehead atoms. The highest BCUT2D eigenvalue weighted by molar-refractivity contribution is 7.86. The van der Waals surface area contributed by atoms with Crippen LogP contribution in [0.2, 0.25) is 0 Å². The quantitative estimate of drug-likeness (QED) is 0.313. The first-order chi connectivity index (χ1) is 10.3. The van der Waals surface area contributed by atoms with Crippen molar-refractivity contribution in [1.82, 2.24) is 0 Å². The second-order valence-corrected chi connectivity index (χ2v) is 6.40. The van der Waals surface area contributed by atoms with Crippen molar-refractivity contribution in [1.29, 1.82) is 0 Å². The molecule has 124 valence electrons. The maximum absolute atomic E-state index is 11.6. The Balaban J connectivity index is 3.05. The zero-order valence-electron chi connectivity index (χ0n) is 12.1. The van der Waals surface area contributed by atoms with Gasteiger partial charge in [-0.05, 0) is 18.2 Å². The summed E-state index contributed by atoms with van der Waals surface area (Å²) >= 11 is 3.92. The number of nitro groups is 1. The Hall–Kier alpha value is -1.52. The zero-order valence-corrected chi connectivity index (χ0v) is 13.9. The Morgan fingerprint density at radius 3 is 2.32 bits per heavy atom. The molecule has 0 aliphatic heterocycles. The van der Waals surface area contributed by atoms with Gasteiger partial charge in [0.25, 0.3) is 15.8 Å². The fourth-order valence-corrected chi connectivity index (χ4v) is 2.94. The van der Waals surface area contributed by atoms with E-state index in [4.69, 9.17) is 13.7 Å². The number of hydrogen-bond donors (Lipinski definition) is 1. The largest absolute Gasteiger partial charge is 0.493 e. The maximum atomic E-state index is 11.6. The first-order valence-corrected chi connectivity index (χ1v) is 8.43. The van der Waals surface area contributed by atoms with E-state index < -0.39 is 21.6 Å². The molecule has 1 aromatic carbocycles. The van der Waals surface area contributed by atoms with Crippen LogP contribution in [0.25, 0.3) is 0 Å². The SMILES string of the molecule is COc1cc(COS(=O)(=O)CCCS)c([N+](=O)[O-])cc1OC. The first kappa shape index (κ1) is 18.5. The van der Waals surface area contributed by atoms with Gasteiger partial charge in [0, 0.05) is 0 Å². The lowest BCUT2D eigenvalue weighted by atomic mass is 10.1. The van der Waals surface area contributed by atoms with Gasteiger partial charge >= 0.3 is 0 Å². The van der Waals surface area contributed by atoms with Crippen molar-refractivity contribution in [2.45, 2.75) is 13.0 Å². The number of nitrogens with zero attached hydrogens (tertiary/aromatic N) is 1. The van der Waals surface area contributed by atoms with Gasteiger partial charge in [-0.25, -0.2) is 0 Å². The van der Waals surface area contributed by atoms with Crippen LogP contribution in [0.5, 0.6) is 11.5 Å². The summed E-state index contributed by atoms with van der Waals surface area (Å²) in [6.45, 7) is -0.453. The molecule has 0 aliphatic carbocycles. The summed E-state index contributed by atoms with van der Waals surface area (Å²) in [7, 11) is -1.04. The molecule has 0 aromatic heterocycles. The lowest BCUT2D eigenvalue weighted by Gasteiger charge is -2.11. The summed E-state index contributed by atoms with van der Waals surface area (Å²) < 4.78 is 38.1. The van der Waals surface area contributed by atoms with Gasteiger partial charge < -0.3 is 9.47 Å². The first-order valence-electron chi connectivity index (χ1n) is 6.22. The minimum absolute atomic E-state index is 0.0806. The second kappa shape index (κ2) is 8.20. The van der Waals surface area contributed by atoms with Crippen LogP contribution >= 0.6 is 12.6 Å². The van der Waals surface area contributed by atoms with Gasteiger partial charge in [-0.15, -0.1) is 0 Å². The van der Waals surface area contributed by atoms with Gasteiger partial charge in [0.05, 0.1) is 43.1 Å². The number of benzene rings is 1. The van der Waals surface area contributed by atoms with Crippen molar-refractivity contribution in [2.24, 2.45) is 0 Å². The number of nitro benzene ring substituents is 1. The number of thiol groups is 1. The number of hydrogen-bond acceptors (Lipinski definition) is 8. The molecular formula is C12H17NO7S2. The summed E-state index contributed by atoms with van der Waals surface area (Å²) in [5, 5.41) is 11.1. The van der Waals surface area contributed by atoms with E-state index in [0.717, 1.165) is 6.07 Å². The van der Waals surface area contributed by atoms with Gasteiger partial charge in [-0.3, -0.25) is 14.3 Å². The molecule has 0 heterocycles. The molecule has 8 nitrogen and oxygen atoms in total. The molecule has 0 N–H and O–H groups in total. The molecule has 0 saturated heterocycles. The third-order valence-electron chi connectivity index (χ3n) is 2.73. The second-order valence-electron chi connectivity index (χ2n) is 4.19. The predicted molar refractivity (Wildman–Crippen MR) is 83.2 cm³/mol. The van der Waals surface area contributed by atoms with E-state index in [1.165, 1.54) is 20.3 Å². The number of methoxy groups -OCH3 is 2. The van der Waals surface area contributed by atoms with Crippen LogP contribution in [-0.2, 0) is 20.9 Å². The van der Waals surface area contributed by atoms with Gasteiger partial charge in [0.2, 0.25) is 0 Å². The summed E-state index contributed by atoms with van der Waals surface area (Å²) in [5.41, 5.74) is -0.223. The molecular weight excluding hydrogens is 334 g/mol. The van der Waals surface area contributed by atoms with Crippen LogP contribution in [0.1, 0.15) is 12.0 Å². The molecule has 1 rings (SSSR count). The molecule has 0 atom stereocenters. The van der Waals surface area contributed by atoms with Crippen molar-refractivity contribution < 1.29 is 27.0 Å². The van der Waals surface area contributed by atoms with Gasteiger partial charge in [0.15, 0.2) is 11.5 Å². The fraction of sp³-hybridized carbons (Fsp3) is 0.500. The van der Waals surface area contributed by atoms with Crippen molar-refractivity contribution in [3.63, 3.8) is 0 Å². The van der Waals surface area contributed by atoms with Crippen molar-refractivity contribution in [2.75, 3.05) is 25.7 Å². The minimum atomic E-state index is -3.76. The monoisotopic (exact) mass is 351 g/mol. The highest BCUT2D eigenvalue weighted by Gasteiger charge is 2.21. The van der Waals surface area contributed by atoms with Crippen LogP contribution in [0, 0.1) is 10.1 Å². The Morgan fingerprint density at radius 1 is 1.23 bits per heavy atom. The summed E-state index contributed by atoms with van der Waals surface area (Å²) in [5.74, 6) is 0.631. The molecule has 0 unspecified atom stereocenters. The topological polar surface area (TPSA) is 105 Å². The average molecular weight is 351 g/mol. The molecule has 0 saturated carbocycles. The summed E-state index contributed by atoms with van der Waals surface area (Å²) in [6.07, 6.45) is 0.333. The average Bonchev–Trinajstić information content (AvgIpc) is 2.49. The molecule has 10 heteroatoms. The molecule has 0 amide bonds. The summed E-state index contributed by atoms with van der Waals surface area (Å²) in [4.78, 5) is 10.4. The van der Waals surface area contributed by atoms with Crippen molar-refractivity contribution in [3.8, 4) is 11.5 Å². The van der Waals surface area contributed by atoms with E-state index in [-0.39, 0.29) is 28.5 Å². The Kier molecular flexibility index (Phi) is 6.91. The van der Waals surface area contributed by atoms with Crippen LogP contribution in [0.15, 0.2) is 12.1 Å². The van der Waals surface area contributed by atoms with Crippen LogP contribution in [0.4, 0.5) is 5.69 Å². The van der Waals surface area contributed by atoms with Crippen LogP contribution < -0.4 is 9.47 Å². The van der Waals surface area contributed by atoms with E-state index in [1.807, 2.05) is 0 Å². The van der Waals surface area contributed by atoms with E-state index in [1.54, 1.807) is 0 Å². The fourth-order valence-electron chi connectivity index (χ4n) is 1.65. The standard InChI is InChI=1S/C12H17NO7S2/c1-18-11-6-9(8-20-22(16,17)5-3-4-21)10(13(14)15)7-12(11)19-2/h6-7,21H,3-5,8H2,1-2H3. The maximum Gasteiger partial charge on any atom is 0.278 e.